The van der Waals surface area contributed by atoms with Crippen molar-refractivity contribution in [2.24, 2.45) is 17.6 Å². The highest BCUT2D eigenvalue weighted by Crippen LogP contribution is 2.53. The van der Waals surface area contributed by atoms with Crippen LogP contribution in [0.15, 0.2) is 46.9 Å². The number of halogens is 1. The van der Waals surface area contributed by atoms with Gasteiger partial charge in [0.1, 0.15) is 22.8 Å². The van der Waals surface area contributed by atoms with E-state index in [1.54, 1.807) is 26.2 Å². The summed E-state index contributed by atoms with van der Waals surface area (Å²) in [5.41, 5.74) is 2.90. The number of likely N-dealkylation sites (N-methyl/N-ethyl adjacent to an activating group) is 1. The number of fused-ring (bicyclic) bond motifs is 3. The summed E-state index contributed by atoms with van der Waals surface area (Å²) < 4.78 is 0.553. The van der Waals surface area contributed by atoms with E-state index in [1.165, 1.54) is 22.3 Å². The number of phenolic OH excluding ortho intramolecular Hbond substituents is 1. The van der Waals surface area contributed by atoms with Gasteiger partial charge in [-0.25, -0.2) is 0 Å². The first-order valence-electron chi connectivity index (χ1n) is 11.1. The fourth-order valence-corrected chi connectivity index (χ4v) is 7.04. The minimum absolute atomic E-state index is 0.0298. The lowest BCUT2D eigenvalue weighted by Gasteiger charge is -2.50. The Kier molecular flexibility index (Phi) is 5.56. The number of rotatable bonds is 3. The molecule has 1 heterocycles. The summed E-state index contributed by atoms with van der Waals surface area (Å²) in [6.07, 6.45) is 0.250. The molecule has 0 spiro atoms. The lowest BCUT2D eigenvalue weighted by atomic mass is 9.58. The summed E-state index contributed by atoms with van der Waals surface area (Å²) >= 11 is 7.43. The topological polar surface area (TPSA) is 161 Å². The highest BCUT2D eigenvalue weighted by atomic mass is 35.5. The third-order valence-corrected chi connectivity index (χ3v) is 8.71. The van der Waals surface area contributed by atoms with Crippen LogP contribution in [0.4, 0.5) is 0 Å². The summed E-state index contributed by atoms with van der Waals surface area (Å²) in [7, 11) is 3.17. The van der Waals surface area contributed by atoms with E-state index in [1.807, 2.05) is 6.07 Å². The summed E-state index contributed by atoms with van der Waals surface area (Å²) in [5.74, 6) is -6.72. The highest BCUT2D eigenvalue weighted by molar-refractivity contribution is 7.19. The molecule has 1 aromatic heterocycles. The number of carbonyl (C=O) groups excluding carboxylic acids is 3. The zero-order valence-electron chi connectivity index (χ0n) is 19.3. The van der Waals surface area contributed by atoms with Gasteiger partial charge >= 0.3 is 0 Å². The van der Waals surface area contributed by atoms with Crippen molar-refractivity contribution in [1.82, 2.24) is 4.90 Å². The number of thiophene rings is 1. The minimum Gasteiger partial charge on any atom is -0.510 e. The van der Waals surface area contributed by atoms with E-state index in [9.17, 15) is 34.8 Å². The SMILES string of the molecule is CN(C)[C@@H]1C(O)=C(C(N)=O)C(=O)[C@@]2(O)C(O)=C3C(=O)c4c(O)ccc(-c5ccc(Cl)s5)c4C[C@H]3C[C@@H]12. The van der Waals surface area contributed by atoms with E-state index >= 15 is 0 Å². The van der Waals surface area contributed by atoms with Gasteiger partial charge in [0.25, 0.3) is 5.91 Å². The van der Waals surface area contributed by atoms with Crippen LogP contribution in [0.25, 0.3) is 10.4 Å². The number of nitrogens with zero attached hydrogens (tertiary/aromatic N) is 1. The van der Waals surface area contributed by atoms with Gasteiger partial charge in [-0.2, -0.15) is 0 Å². The number of hydrogen-bond donors (Lipinski definition) is 5. The number of primary amides is 1. The van der Waals surface area contributed by atoms with E-state index in [-0.39, 0.29) is 29.7 Å². The molecule has 9 nitrogen and oxygen atoms in total. The Morgan fingerprint density at radius 1 is 1.17 bits per heavy atom. The predicted molar refractivity (Wildman–Crippen MR) is 132 cm³/mol. The Labute approximate surface area is 214 Å². The molecular formula is C25H23ClN2O7S. The quantitative estimate of drug-likeness (QED) is 0.378. The van der Waals surface area contributed by atoms with Crippen LogP contribution in [0.2, 0.25) is 4.34 Å². The molecule has 36 heavy (non-hydrogen) atoms. The molecule has 0 saturated carbocycles. The number of benzene rings is 1. The van der Waals surface area contributed by atoms with Crippen molar-refractivity contribution in [2.45, 2.75) is 24.5 Å². The summed E-state index contributed by atoms with van der Waals surface area (Å²) in [4.78, 5) is 41.3. The maximum absolute atomic E-state index is 13.7. The fraction of sp³-hybridized carbons (Fsp3) is 0.320. The summed E-state index contributed by atoms with van der Waals surface area (Å²) in [6.45, 7) is 0. The molecule has 0 bridgehead atoms. The second-order valence-electron chi connectivity index (χ2n) is 9.55. The second kappa shape index (κ2) is 8.17. The van der Waals surface area contributed by atoms with Crippen LogP contribution in [-0.2, 0) is 16.0 Å². The number of nitrogens with two attached hydrogens (primary N) is 1. The second-order valence-corrected chi connectivity index (χ2v) is 11.3. The number of ketones is 2. The monoisotopic (exact) mass is 530 g/mol. The Morgan fingerprint density at radius 3 is 2.44 bits per heavy atom. The molecule has 11 heteroatoms. The average molecular weight is 531 g/mol. The number of carbonyl (C=O) groups is 3. The molecule has 0 radical (unpaired) electrons. The first-order valence-corrected chi connectivity index (χ1v) is 12.3. The van der Waals surface area contributed by atoms with Gasteiger partial charge in [-0.3, -0.25) is 19.3 Å². The maximum Gasteiger partial charge on any atom is 0.255 e. The molecule has 3 aliphatic rings. The number of aliphatic hydroxyl groups excluding tert-OH is 2. The zero-order chi connectivity index (χ0) is 26.3. The number of allylic oxidation sites excluding steroid dienone is 1. The first-order chi connectivity index (χ1) is 16.9. The normalized spacial score (nSPS) is 27.8. The average Bonchev–Trinajstić information content (AvgIpc) is 3.22. The number of Topliss-reactive ketones (excluding diaryl/α,β-unsaturated/α-hetero) is 2. The van der Waals surface area contributed by atoms with Crippen LogP contribution in [0, 0.1) is 11.8 Å². The highest BCUT2D eigenvalue weighted by Gasteiger charge is 2.63. The molecule has 0 unspecified atom stereocenters. The standard InChI is InChI=1S/C25H23ClN2O7S/c1-28(2)19-12-8-9-7-11-10(14-5-6-15(26)36-14)3-4-13(29)17(11)20(30)16(9)22(32)25(12,35)23(33)18(21(19)31)24(27)34/h3-6,9,12,19,29,31-32,35H,7-8H2,1-2H3,(H2,27,34)/t9-,12-,19-,25-/m0/s1. The molecule has 0 fully saturated rings. The molecule has 1 amide bonds. The number of aliphatic hydroxyl groups is 3. The van der Waals surface area contributed by atoms with Crippen molar-refractivity contribution in [3.63, 3.8) is 0 Å². The Morgan fingerprint density at radius 2 is 1.86 bits per heavy atom. The van der Waals surface area contributed by atoms with Gasteiger partial charge in [-0.15, -0.1) is 11.3 Å². The van der Waals surface area contributed by atoms with Crippen molar-refractivity contribution in [3.8, 4) is 16.2 Å². The third-order valence-electron chi connectivity index (χ3n) is 7.44. The van der Waals surface area contributed by atoms with Crippen LogP contribution in [-0.4, -0.2) is 68.5 Å². The smallest absolute Gasteiger partial charge is 0.255 e. The van der Waals surface area contributed by atoms with E-state index in [0.29, 0.717) is 15.5 Å². The molecule has 4 atom stereocenters. The number of hydrogen-bond acceptors (Lipinski definition) is 9. The van der Waals surface area contributed by atoms with Crippen molar-refractivity contribution >= 4 is 40.4 Å². The van der Waals surface area contributed by atoms with Gasteiger partial charge in [-0.1, -0.05) is 11.6 Å². The molecule has 0 saturated heterocycles. The maximum atomic E-state index is 13.7. The lowest BCUT2D eigenvalue weighted by molar-refractivity contribution is -0.148. The van der Waals surface area contributed by atoms with Crippen LogP contribution >= 0.6 is 22.9 Å². The van der Waals surface area contributed by atoms with Crippen LogP contribution in [0.1, 0.15) is 22.3 Å². The van der Waals surface area contributed by atoms with Gasteiger partial charge in [-0.05, 0) is 68.2 Å². The van der Waals surface area contributed by atoms with Crippen molar-refractivity contribution in [3.05, 3.63) is 62.4 Å². The first kappa shape index (κ1) is 24.5. The van der Waals surface area contributed by atoms with Crippen LogP contribution < -0.4 is 5.73 Å². The predicted octanol–water partition coefficient (Wildman–Crippen LogP) is 2.50. The molecule has 3 aliphatic carbocycles. The zero-order valence-corrected chi connectivity index (χ0v) is 20.9. The molecule has 188 valence electrons. The number of amides is 1. The Balaban J connectivity index is 1.73. The van der Waals surface area contributed by atoms with E-state index in [0.717, 1.165) is 4.88 Å². The van der Waals surface area contributed by atoms with Gasteiger partial charge < -0.3 is 26.2 Å². The third kappa shape index (κ3) is 3.18. The van der Waals surface area contributed by atoms with Crippen molar-refractivity contribution in [1.29, 1.82) is 0 Å². The van der Waals surface area contributed by atoms with E-state index in [2.05, 4.69) is 0 Å². The molecule has 2 aromatic rings. The molecule has 5 rings (SSSR count). The number of phenols is 1. The van der Waals surface area contributed by atoms with Gasteiger partial charge in [0.2, 0.25) is 5.78 Å². The van der Waals surface area contributed by atoms with E-state index < -0.39 is 58.0 Å². The van der Waals surface area contributed by atoms with E-state index in [4.69, 9.17) is 17.3 Å². The number of aromatic hydroxyl groups is 1. The summed E-state index contributed by atoms with van der Waals surface area (Å²) in [6, 6.07) is 5.57. The van der Waals surface area contributed by atoms with Gasteiger partial charge in [0, 0.05) is 16.4 Å². The minimum atomic E-state index is -2.65. The fourth-order valence-electron chi connectivity index (χ4n) is 5.94. The van der Waals surface area contributed by atoms with Gasteiger partial charge in [0.15, 0.2) is 11.4 Å². The van der Waals surface area contributed by atoms with Crippen molar-refractivity contribution in [2.75, 3.05) is 14.1 Å². The Bertz CT molecular complexity index is 1430. The van der Waals surface area contributed by atoms with Gasteiger partial charge in [0.05, 0.1) is 15.9 Å². The molecule has 0 aliphatic heterocycles. The lowest BCUT2D eigenvalue weighted by Crippen LogP contribution is -2.63. The van der Waals surface area contributed by atoms with Crippen LogP contribution in [0.3, 0.4) is 0 Å². The molecule has 6 N–H and O–H groups in total. The van der Waals surface area contributed by atoms with Crippen molar-refractivity contribution < 1.29 is 34.8 Å². The summed E-state index contributed by atoms with van der Waals surface area (Å²) in [5, 5.41) is 44.4. The van der Waals surface area contributed by atoms with Crippen LogP contribution in [0.5, 0.6) is 5.75 Å². The largest absolute Gasteiger partial charge is 0.510 e. The molecular weight excluding hydrogens is 508 g/mol. The Hall–Kier alpha value is -3.18. The molecule has 1 aromatic carbocycles.